The Labute approximate surface area is 92.2 Å². The lowest BCUT2D eigenvalue weighted by Gasteiger charge is -2.17. The molecule has 0 saturated heterocycles. The summed E-state index contributed by atoms with van der Waals surface area (Å²) in [6.45, 7) is 0. The van der Waals surface area contributed by atoms with Gasteiger partial charge in [-0.15, -0.1) is 0 Å². The highest BCUT2D eigenvalue weighted by atomic mass is 79.9. The Hall–Kier alpha value is -0.260. The summed E-state index contributed by atoms with van der Waals surface area (Å²) in [6, 6.07) is 2.13. The van der Waals surface area contributed by atoms with Gasteiger partial charge in [0.2, 0.25) is 0 Å². The van der Waals surface area contributed by atoms with E-state index in [0.717, 1.165) is 0 Å². The molecule has 0 bridgehead atoms. The molecule has 0 fully saturated rings. The molecule has 1 aromatic rings. The van der Waals surface area contributed by atoms with Crippen molar-refractivity contribution in [2.45, 2.75) is 12.2 Å². The van der Waals surface area contributed by atoms with Crippen LogP contribution in [0.5, 0.6) is 0 Å². The highest BCUT2D eigenvalue weighted by Crippen LogP contribution is 2.35. The fourth-order valence-corrected chi connectivity index (χ4v) is 1.54. The minimum Gasteiger partial charge on any atom is -0.316 e. The van der Waals surface area contributed by atoms with Crippen LogP contribution in [0, 0.1) is 0 Å². The first-order valence-electron chi connectivity index (χ1n) is 3.59. The number of halogens is 5. The highest BCUT2D eigenvalue weighted by Gasteiger charge is 2.38. The van der Waals surface area contributed by atoms with Gasteiger partial charge in [0.25, 0.3) is 0 Å². The Kier molecular flexibility index (Phi) is 3.44. The summed E-state index contributed by atoms with van der Waals surface area (Å²) < 4.78 is 37.3. The molecule has 0 aliphatic carbocycles. The molecular weight excluding hydrogens is 282 g/mol. The molecule has 1 aromatic carbocycles. The zero-order valence-corrected chi connectivity index (χ0v) is 9.12. The van der Waals surface area contributed by atoms with Crippen LogP contribution in [0.15, 0.2) is 22.7 Å². The van der Waals surface area contributed by atoms with Crippen LogP contribution in [0.2, 0.25) is 5.02 Å². The van der Waals surface area contributed by atoms with Crippen LogP contribution < -0.4 is 5.73 Å². The first-order chi connectivity index (χ1) is 6.32. The monoisotopic (exact) mass is 287 g/mol. The molecule has 14 heavy (non-hydrogen) atoms. The van der Waals surface area contributed by atoms with E-state index in [4.69, 9.17) is 17.3 Å². The molecule has 0 saturated carbocycles. The van der Waals surface area contributed by atoms with Gasteiger partial charge in [0.05, 0.1) is 0 Å². The van der Waals surface area contributed by atoms with Gasteiger partial charge in [-0.2, -0.15) is 13.2 Å². The highest BCUT2D eigenvalue weighted by molar-refractivity contribution is 9.10. The van der Waals surface area contributed by atoms with Gasteiger partial charge in [-0.1, -0.05) is 27.5 Å². The standard InChI is InChI=1S/C8H6BrClF3N/c9-4-1-2-6(10)5(3-4)7(14)8(11,12)13/h1-3,7H,14H2/t7-/m0/s1. The third-order valence-electron chi connectivity index (χ3n) is 1.65. The molecular formula is C8H6BrClF3N. The first-order valence-corrected chi connectivity index (χ1v) is 4.76. The van der Waals surface area contributed by atoms with Crippen molar-refractivity contribution in [3.8, 4) is 0 Å². The average Bonchev–Trinajstić information content (AvgIpc) is 2.06. The molecule has 1 atom stereocenters. The molecule has 1 rings (SSSR count). The van der Waals surface area contributed by atoms with Gasteiger partial charge >= 0.3 is 6.18 Å². The number of rotatable bonds is 1. The Balaban J connectivity index is 3.12. The zero-order chi connectivity index (χ0) is 10.9. The molecule has 0 radical (unpaired) electrons. The Bertz CT molecular complexity index is 340. The average molecular weight is 288 g/mol. The number of hydrogen-bond acceptors (Lipinski definition) is 1. The maximum atomic E-state index is 12.2. The van der Waals surface area contributed by atoms with Crippen molar-refractivity contribution in [2.75, 3.05) is 0 Å². The second-order valence-electron chi connectivity index (χ2n) is 2.69. The fourth-order valence-electron chi connectivity index (χ4n) is 0.929. The number of alkyl halides is 3. The van der Waals surface area contributed by atoms with Crippen LogP contribution in [-0.4, -0.2) is 6.18 Å². The van der Waals surface area contributed by atoms with Crippen LogP contribution in [0.1, 0.15) is 11.6 Å². The summed E-state index contributed by atoms with van der Waals surface area (Å²) in [5, 5.41) is 0.0121. The molecule has 78 valence electrons. The largest absolute Gasteiger partial charge is 0.407 e. The molecule has 1 nitrogen and oxygen atoms in total. The lowest BCUT2D eigenvalue weighted by Crippen LogP contribution is -2.28. The van der Waals surface area contributed by atoms with E-state index in [0.29, 0.717) is 4.47 Å². The topological polar surface area (TPSA) is 26.0 Å². The zero-order valence-electron chi connectivity index (χ0n) is 6.78. The minimum atomic E-state index is -4.48. The van der Waals surface area contributed by atoms with Crippen LogP contribution in [0.3, 0.4) is 0 Å². The summed E-state index contributed by atoms with van der Waals surface area (Å²) in [5.74, 6) is 0. The van der Waals surface area contributed by atoms with E-state index in [9.17, 15) is 13.2 Å². The number of benzene rings is 1. The third-order valence-corrected chi connectivity index (χ3v) is 2.48. The summed E-state index contributed by atoms with van der Waals surface area (Å²) >= 11 is 8.65. The lowest BCUT2D eigenvalue weighted by atomic mass is 10.1. The predicted octanol–water partition coefficient (Wildman–Crippen LogP) is 3.66. The summed E-state index contributed by atoms with van der Waals surface area (Å²) in [5.41, 5.74) is 4.88. The maximum Gasteiger partial charge on any atom is 0.407 e. The van der Waals surface area contributed by atoms with Crippen molar-refractivity contribution in [1.82, 2.24) is 0 Å². The van der Waals surface area contributed by atoms with Gasteiger partial charge in [-0.05, 0) is 23.8 Å². The van der Waals surface area contributed by atoms with E-state index in [-0.39, 0.29) is 10.6 Å². The molecule has 0 aliphatic heterocycles. The van der Waals surface area contributed by atoms with Crippen molar-refractivity contribution in [1.29, 1.82) is 0 Å². The van der Waals surface area contributed by atoms with Gasteiger partial charge in [0.1, 0.15) is 6.04 Å². The van der Waals surface area contributed by atoms with Gasteiger partial charge in [-0.25, -0.2) is 0 Å². The minimum absolute atomic E-state index is 0.0121. The summed E-state index contributed by atoms with van der Waals surface area (Å²) in [6.07, 6.45) is -4.48. The van der Waals surface area contributed by atoms with Gasteiger partial charge in [0.15, 0.2) is 0 Å². The molecule has 0 aliphatic rings. The van der Waals surface area contributed by atoms with Crippen molar-refractivity contribution in [3.63, 3.8) is 0 Å². The quantitative estimate of drug-likeness (QED) is 0.838. The molecule has 0 spiro atoms. The van der Waals surface area contributed by atoms with Crippen LogP contribution in [-0.2, 0) is 0 Å². The Morgan fingerprint density at radius 2 is 1.93 bits per heavy atom. The normalized spacial score (nSPS) is 14.1. The van der Waals surface area contributed by atoms with E-state index in [1.54, 1.807) is 6.07 Å². The predicted molar refractivity (Wildman–Crippen MR) is 52.1 cm³/mol. The number of nitrogens with two attached hydrogens (primary N) is 1. The SMILES string of the molecule is N[C@@H](c1cc(Br)ccc1Cl)C(F)(F)F. The fraction of sp³-hybridized carbons (Fsp3) is 0.250. The van der Waals surface area contributed by atoms with Gasteiger partial charge in [-0.3, -0.25) is 0 Å². The van der Waals surface area contributed by atoms with Crippen molar-refractivity contribution in [3.05, 3.63) is 33.3 Å². The van der Waals surface area contributed by atoms with Gasteiger partial charge < -0.3 is 5.73 Å². The van der Waals surface area contributed by atoms with Gasteiger partial charge in [0, 0.05) is 9.50 Å². The molecule has 0 aromatic heterocycles. The van der Waals surface area contributed by atoms with Crippen molar-refractivity contribution < 1.29 is 13.2 Å². The molecule has 0 heterocycles. The first kappa shape index (κ1) is 11.8. The molecule has 0 unspecified atom stereocenters. The third kappa shape index (κ3) is 2.62. The van der Waals surface area contributed by atoms with E-state index in [2.05, 4.69) is 15.9 Å². The van der Waals surface area contributed by atoms with Crippen LogP contribution in [0.25, 0.3) is 0 Å². The molecule has 6 heteroatoms. The summed E-state index contributed by atoms with van der Waals surface area (Å²) in [4.78, 5) is 0. The smallest absolute Gasteiger partial charge is 0.316 e. The van der Waals surface area contributed by atoms with E-state index < -0.39 is 12.2 Å². The number of hydrogen-bond donors (Lipinski definition) is 1. The van der Waals surface area contributed by atoms with Crippen LogP contribution in [0.4, 0.5) is 13.2 Å². The second-order valence-corrected chi connectivity index (χ2v) is 4.01. The van der Waals surface area contributed by atoms with E-state index in [1.165, 1.54) is 12.1 Å². The second kappa shape index (κ2) is 4.08. The summed E-state index contributed by atoms with van der Waals surface area (Å²) in [7, 11) is 0. The van der Waals surface area contributed by atoms with E-state index >= 15 is 0 Å². The maximum absolute atomic E-state index is 12.2. The Morgan fingerprint density at radius 1 is 1.36 bits per heavy atom. The van der Waals surface area contributed by atoms with Crippen molar-refractivity contribution >= 4 is 27.5 Å². The van der Waals surface area contributed by atoms with Crippen LogP contribution >= 0.6 is 27.5 Å². The molecule has 0 amide bonds. The van der Waals surface area contributed by atoms with E-state index in [1.807, 2.05) is 0 Å². The van der Waals surface area contributed by atoms with Crippen molar-refractivity contribution in [2.24, 2.45) is 5.73 Å². The molecule has 2 N–H and O–H groups in total. The Morgan fingerprint density at radius 3 is 2.43 bits per heavy atom. The lowest BCUT2D eigenvalue weighted by molar-refractivity contribution is -0.149.